The van der Waals surface area contributed by atoms with Gasteiger partial charge in [-0.15, -0.1) is 0 Å². The standard InChI is InChI=1S/C21H16ClN3O4/c22-14-6-1-3-8-16(14)28-17-9-4-2-7-15(17)23-19(26)11-12-20-24-21(25-29-20)18-10-5-13-27-18/h1-10,13H,11-12H2,(H,23,26). The van der Waals surface area contributed by atoms with Crippen LogP contribution in [0.1, 0.15) is 12.3 Å². The molecule has 4 aromatic rings. The van der Waals surface area contributed by atoms with Crippen LogP contribution < -0.4 is 10.1 Å². The van der Waals surface area contributed by atoms with Crippen molar-refractivity contribution in [2.75, 3.05) is 5.32 Å². The maximum Gasteiger partial charge on any atom is 0.238 e. The Morgan fingerprint density at radius 3 is 2.62 bits per heavy atom. The minimum absolute atomic E-state index is 0.167. The summed E-state index contributed by atoms with van der Waals surface area (Å²) in [5, 5.41) is 7.17. The molecule has 0 aliphatic carbocycles. The molecule has 1 amide bonds. The number of carbonyl (C=O) groups excluding carboxylic acids is 1. The van der Waals surface area contributed by atoms with E-state index in [4.69, 9.17) is 25.3 Å². The van der Waals surface area contributed by atoms with E-state index in [0.29, 0.717) is 46.1 Å². The van der Waals surface area contributed by atoms with Gasteiger partial charge in [0.05, 0.1) is 17.0 Å². The highest BCUT2D eigenvalue weighted by Crippen LogP contribution is 2.33. The summed E-state index contributed by atoms with van der Waals surface area (Å²) in [5.41, 5.74) is 0.541. The number of nitrogens with zero attached hydrogens (tertiary/aromatic N) is 2. The third kappa shape index (κ3) is 4.64. The average molecular weight is 410 g/mol. The molecule has 0 aliphatic rings. The van der Waals surface area contributed by atoms with Crippen molar-refractivity contribution in [1.82, 2.24) is 10.1 Å². The van der Waals surface area contributed by atoms with E-state index in [1.165, 1.54) is 6.26 Å². The largest absolute Gasteiger partial charge is 0.461 e. The van der Waals surface area contributed by atoms with Crippen molar-refractivity contribution >= 4 is 23.2 Å². The number of hydrogen-bond acceptors (Lipinski definition) is 6. The van der Waals surface area contributed by atoms with Gasteiger partial charge in [-0.3, -0.25) is 4.79 Å². The van der Waals surface area contributed by atoms with Gasteiger partial charge in [-0.05, 0) is 36.4 Å². The first-order valence-corrected chi connectivity index (χ1v) is 9.24. The highest BCUT2D eigenvalue weighted by Gasteiger charge is 2.14. The van der Waals surface area contributed by atoms with Crippen molar-refractivity contribution in [3.8, 4) is 23.1 Å². The molecule has 2 aromatic heterocycles. The molecule has 0 saturated heterocycles. The van der Waals surface area contributed by atoms with E-state index in [0.717, 1.165) is 0 Å². The zero-order valence-corrected chi connectivity index (χ0v) is 15.9. The van der Waals surface area contributed by atoms with Crippen molar-refractivity contribution in [2.24, 2.45) is 0 Å². The Bertz CT molecular complexity index is 1110. The maximum absolute atomic E-state index is 12.4. The zero-order valence-electron chi connectivity index (χ0n) is 15.2. The molecule has 2 aromatic carbocycles. The second kappa shape index (κ2) is 8.62. The molecular formula is C21H16ClN3O4. The number of anilines is 1. The van der Waals surface area contributed by atoms with Gasteiger partial charge in [0.2, 0.25) is 17.6 Å². The topological polar surface area (TPSA) is 90.4 Å². The van der Waals surface area contributed by atoms with Crippen LogP contribution in [-0.2, 0) is 11.2 Å². The molecule has 0 atom stereocenters. The summed E-state index contributed by atoms with van der Waals surface area (Å²) < 4.78 is 16.2. The highest BCUT2D eigenvalue weighted by atomic mass is 35.5. The van der Waals surface area contributed by atoms with Gasteiger partial charge >= 0.3 is 0 Å². The molecule has 0 saturated carbocycles. The molecule has 8 heteroatoms. The number of carbonyl (C=O) groups is 1. The molecule has 0 radical (unpaired) electrons. The van der Waals surface area contributed by atoms with E-state index in [1.807, 2.05) is 24.3 Å². The summed E-state index contributed by atoms with van der Waals surface area (Å²) in [6.45, 7) is 0. The summed E-state index contributed by atoms with van der Waals surface area (Å²) >= 11 is 6.15. The predicted molar refractivity (Wildman–Crippen MR) is 107 cm³/mol. The van der Waals surface area contributed by atoms with E-state index >= 15 is 0 Å². The molecule has 0 aliphatic heterocycles. The Morgan fingerprint density at radius 1 is 1.03 bits per heavy atom. The van der Waals surface area contributed by atoms with Gasteiger partial charge in [0.25, 0.3) is 0 Å². The number of aryl methyl sites for hydroxylation is 1. The van der Waals surface area contributed by atoms with Crippen LogP contribution in [0.25, 0.3) is 11.6 Å². The molecule has 4 rings (SSSR count). The Balaban J connectivity index is 1.38. The summed E-state index contributed by atoms with van der Waals surface area (Å²) in [4.78, 5) is 16.6. The van der Waals surface area contributed by atoms with Gasteiger partial charge in [0, 0.05) is 12.8 Å². The number of benzene rings is 2. The molecule has 0 fully saturated rings. The Labute approximate surface area is 171 Å². The van der Waals surface area contributed by atoms with E-state index in [1.54, 1.807) is 36.4 Å². The quantitative estimate of drug-likeness (QED) is 0.442. The van der Waals surface area contributed by atoms with Crippen LogP contribution in [0.2, 0.25) is 5.02 Å². The molecular weight excluding hydrogens is 394 g/mol. The monoisotopic (exact) mass is 409 g/mol. The number of hydrogen-bond donors (Lipinski definition) is 1. The number of furan rings is 1. The first-order chi connectivity index (χ1) is 14.2. The number of rotatable bonds is 7. The molecule has 29 heavy (non-hydrogen) atoms. The zero-order chi connectivity index (χ0) is 20.1. The van der Waals surface area contributed by atoms with Crippen LogP contribution in [0.15, 0.2) is 75.9 Å². The molecule has 146 valence electrons. The molecule has 0 spiro atoms. The third-order valence-electron chi connectivity index (χ3n) is 3.99. The first kappa shape index (κ1) is 18.8. The van der Waals surface area contributed by atoms with Crippen LogP contribution in [0, 0.1) is 0 Å². The number of halogens is 1. The van der Waals surface area contributed by atoms with Crippen LogP contribution >= 0.6 is 11.6 Å². The summed E-state index contributed by atoms with van der Waals surface area (Å²) in [7, 11) is 0. The molecule has 2 heterocycles. The van der Waals surface area contributed by atoms with Crippen molar-refractivity contribution in [3.63, 3.8) is 0 Å². The van der Waals surface area contributed by atoms with E-state index in [9.17, 15) is 4.79 Å². The lowest BCUT2D eigenvalue weighted by Crippen LogP contribution is -2.13. The molecule has 0 unspecified atom stereocenters. The van der Waals surface area contributed by atoms with E-state index < -0.39 is 0 Å². The first-order valence-electron chi connectivity index (χ1n) is 8.87. The van der Waals surface area contributed by atoms with Crippen molar-refractivity contribution < 1.29 is 18.5 Å². The minimum atomic E-state index is -0.210. The fourth-order valence-electron chi connectivity index (χ4n) is 2.60. The van der Waals surface area contributed by atoms with Gasteiger partial charge in [-0.25, -0.2) is 0 Å². The van der Waals surface area contributed by atoms with Crippen LogP contribution in [0.3, 0.4) is 0 Å². The van der Waals surface area contributed by atoms with Gasteiger partial charge in [0.15, 0.2) is 11.5 Å². The Kier molecular flexibility index (Phi) is 5.58. The second-order valence-electron chi connectivity index (χ2n) is 6.07. The summed E-state index contributed by atoms with van der Waals surface area (Å²) in [6, 6.07) is 17.7. The second-order valence-corrected chi connectivity index (χ2v) is 6.47. The van der Waals surface area contributed by atoms with Crippen molar-refractivity contribution in [2.45, 2.75) is 12.8 Å². The van der Waals surface area contributed by atoms with Crippen LogP contribution in [-0.4, -0.2) is 16.0 Å². The highest BCUT2D eigenvalue weighted by molar-refractivity contribution is 6.32. The lowest BCUT2D eigenvalue weighted by molar-refractivity contribution is -0.116. The summed E-state index contributed by atoms with van der Waals surface area (Å²) in [6.07, 6.45) is 1.99. The van der Waals surface area contributed by atoms with Crippen LogP contribution in [0.5, 0.6) is 11.5 Å². The normalized spacial score (nSPS) is 10.7. The lowest BCUT2D eigenvalue weighted by atomic mass is 10.2. The number of para-hydroxylation sites is 3. The SMILES string of the molecule is O=C(CCc1nc(-c2ccco2)no1)Nc1ccccc1Oc1ccccc1Cl. The molecule has 7 nitrogen and oxygen atoms in total. The molecule has 1 N–H and O–H groups in total. The van der Waals surface area contributed by atoms with Gasteiger partial charge in [-0.1, -0.05) is 41.0 Å². The Hall–Kier alpha value is -3.58. The van der Waals surface area contributed by atoms with Gasteiger partial charge in [-0.2, -0.15) is 4.98 Å². The number of nitrogens with one attached hydrogen (secondary N) is 1. The fourth-order valence-corrected chi connectivity index (χ4v) is 2.77. The van der Waals surface area contributed by atoms with Crippen LogP contribution in [0.4, 0.5) is 5.69 Å². The van der Waals surface area contributed by atoms with Crippen molar-refractivity contribution in [3.05, 3.63) is 77.8 Å². The number of amides is 1. The maximum atomic E-state index is 12.4. The van der Waals surface area contributed by atoms with Gasteiger partial charge < -0.3 is 19.0 Å². The Morgan fingerprint density at radius 2 is 1.83 bits per heavy atom. The lowest BCUT2D eigenvalue weighted by Gasteiger charge is -2.12. The minimum Gasteiger partial charge on any atom is -0.461 e. The summed E-state index contributed by atoms with van der Waals surface area (Å²) in [5.74, 6) is 2.00. The number of aromatic nitrogens is 2. The fraction of sp³-hybridized carbons (Fsp3) is 0.0952. The molecule has 0 bridgehead atoms. The third-order valence-corrected chi connectivity index (χ3v) is 4.31. The van der Waals surface area contributed by atoms with E-state index in [-0.39, 0.29) is 12.3 Å². The van der Waals surface area contributed by atoms with Gasteiger partial charge in [0.1, 0.15) is 5.75 Å². The number of ether oxygens (including phenoxy) is 1. The smallest absolute Gasteiger partial charge is 0.238 e. The predicted octanol–water partition coefficient (Wildman–Crippen LogP) is 5.35. The van der Waals surface area contributed by atoms with E-state index in [2.05, 4.69) is 15.5 Å². The average Bonchev–Trinajstić information content (AvgIpc) is 3.41. The van der Waals surface area contributed by atoms with Crippen molar-refractivity contribution in [1.29, 1.82) is 0 Å².